The Hall–Kier alpha value is -1.39. The van der Waals surface area contributed by atoms with Gasteiger partial charge in [0.1, 0.15) is 0 Å². The van der Waals surface area contributed by atoms with Crippen molar-refractivity contribution in [2.24, 2.45) is 10.4 Å². The van der Waals surface area contributed by atoms with E-state index < -0.39 is 5.41 Å². The predicted molar refractivity (Wildman–Crippen MR) is 83.4 cm³/mol. The number of aromatic nitrogens is 1. The number of halogens is 1. The molecule has 20 heavy (non-hydrogen) atoms. The molecule has 1 aromatic carbocycles. The Bertz CT molecular complexity index is 690. The van der Waals surface area contributed by atoms with Gasteiger partial charge in [-0.1, -0.05) is 32.4 Å². The number of benzene rings is 1. The summed E-state index contributed by atoms with van der Waals surface area (Å²) in [5, 5.41) is 0.686. The zero-order valence-corrected chi connectivity index (χ0v) is 13.5. The highest BCUT2D eigenvalue weighted by Crippen LogP contribution is 2.17. The average Bonchev–Trinajstić information content (AvgIpc) is 2.70. The summed E-state index contributed by atoms with van der Waals surface area (Å²) < 4.78 is 1.92. The van der Waals surface area contributed by atoms with Gasteiger partial charge in [-0.05, 0) is 31.2 Å². The first-order chi connectivity index (χ1) is 9.27. The molecule has 0 aliphatic heterocycles. The lowest BCUT2D eigenvalue weighted by Gasteiger charge is -2.11. The summed E-state index contributed by atoms with van der Waals surface area (Å²) in [5.74, 6) is -0.123. The molecule has 1 aromatic heterocycles. The minimum Gasteiger partial charge on any atom is -0.292 e. The van der Waals surface area contributed by atoms with Crippen molar-refractivity contribution in [3.63, 3.8) is 0 Å². The zero-order chi connectivity index (χ0) is 14.9. The van der Waals surface area contributed by atoms with E-state index in [1.165, 1.54) is 11.3 Å². The van der Waals surface area contributed by atoms with Crippen LogP contribution >= 0.6 is 22.9 Å². The summed E-state index contributed by atoms with van der Waals surface area (Å²) in [4.78, 5) is 18.1. The molecule has 3 nitrogen and oxygen atoms in total. The third kappa shape index (κ3) is 3.38. The minimum atomic E-state index is -0.476. The van der Waals surface area contributed by atoms with Crippen molar-refractivity contribution in [2.75, 3.05) is 0 Å². The third-order valence-electron chi connectivity index (χ3n) is 2.71. The Balaban J connectivity index is 2.54. The number of aryl methyl sites for hydroxylation is 1. The van der Waals surface area contributed by atoms with Crippen LogP contribution in [0.15, 0.2) is 35.5 Å². The number of hydrogen-bond acceptors (Lipinski definition) is 2. The normalized spacial score (nSPS) is 12.8. The fourth-order valence-corrected chi connectivity index (χ4v) is 2.53. The molecule has 0 atom stereocenters. The molecule has 1 heterocycles. The van der Waals surface area contributed by atoms with Gasteiger partial charge in [-0.2, -0.15) is 4.99 Å². The minimum absolute atomic E-state index is 0.123. The highest BCUT2D eigenvalue weighted by molar-refractivity contribution is 7.09. The Morgan fingerprint density at radius 3 is 2.40 bits per heavy atom. The number of carbonyl (C=O) groups is 1. The number of amides is 1. The van der Waals surface area contributed by atoms with Crippen LogP contribution in [0.5, 0.6) is 0 Å². The van der Waals surface area contributed by atoms with Crippen LogP contribution in [0, 0.1) is 12.3 Å². The average molecular weight is 309 g/mol. The second-order valence-corrected chi connectivity index (χ2v) is 7.29. The molecule has 2 aromatic rings. The molecule has 0 bridgehead atoms. The molecule has 0 saturated heterocycles. The van der Waals surface area contributed by atoms with Crippen molar-refractivity contribution in [3.05, 3.63) is 45.2 Å². The van der Waals surface area contributed by atoms with Gasteiger partial charge in [0.2, 0.25) is 0 Å². The zero-order valence-electron chi connectivity index (χ0n) is 12.0. The van der Waals surface area contributed by atoms with Gasteiger partial charge in [-0.25, -0.2) is 0 Å². The molecule has 0 unspecified atom stereocenters. The van der Waals surface area contributed by atoms with Gasteiger partial charge in [0.25, 0.3) is 5.91 Å². The van der Waals surface area contributed by atoms with E-state index in [-0.39, 0.29) is 5.91 Å². The topological polar surface area (TPSA) is 34.4 Å². The van der Waals surface area contributed by atoms with E-state index in [1.54, 1.807) is 0 Å². The van der Waals surface area contributed by atoms with E-state index in [4.69, 9.17) is 11.6 Å². The molecule has 5 heteroatoms. The molecule has 0 aliphatic carbocycles. The maximum atomic E-state index is 12.1. The second kappa shape index (κ2) is 5.54. The van der Waals surface area contributed by atoms with Gasteiger partial charge in [0, 0.05) is 27.2 Å². The largest absolute Gasteiger partial charge is 0.292 e. The summed E-state index contributed by atoms with van der Waals surface area (Å²) in [6.45, 7) is 7.60. The molecule has 0 N–H and O–H groups in total. The summed E-state index contributed by atoms with van der Waals surface area (Å²) in [5.41, 5.74) is 0.467. The van der Waals surface area contributed by atoms with Crippen LogP contribution in [0.25, 0.3) is 5.69 Å². The first kappa shape index (κ1) is 15.0. The number of rotatable bonds is 1. The van der Waals surface area contributed by atoms with E-state index in [0.29, 0.717) is 9.82 Å². The van der Waals surface area contributed by atoms with Crippen LogP contribution in [0.4, 0.5) is 0 Å². The fourth-order valence-electron chi connectivity index (χ4n) is 1.57. The van der Waals surface area contributed by atoms with Gasteiger partial charge in [0.15, 0.2) is 4.80 Å². The van der Waals surface area contributed by atoms with Crippen LogP contribution < -0.4 is 4.80 Å². The smallest absolute Gasteiger partial charge is 0.253 e. The van der Waals surface area contributed by atoms with Crippen LogP contribution in [0.3, 0.4) is 0 Å². The Morgan fingerprint density at radius 2 is 1.85 bits per heavy atom. The molecule has 2 rings (SSSR count). The maximum Gasteiger partial charge on any atom is 0.253 e. The Labute approximate surface area is 127 Å². The summed E-state index contributed by atoms with van der Waals surface area (Å²) in [6.07, 6.45) is 1.97. The van der Waals surface area contributed by atoms with Crippen molar-refractivity contribution in [1.82, 2.24) is 4.57 Å². The summed E-state index contributed by atoms with van der Waals surface area (Å²) in [6, 6.07) is 7.47. The molecular formula is C15H17ClN2OS. The molecule has 0 saturated carbocycles. The van der Waals surface area contributed by atoms with E-state index in [0.717, 1.165) is 10.6 Å². The summed E-state index contributed by atoms with van der Waals surface area (Å²) >= 11 is 7.40. The van der Waals surface area contributed by atoms with Crippen molar-refractivity contribution in [1.29, 1.82) is 0 Å². The van der Waals surface area contributed by atoms with Gasteiger partial charge in [0.05, 0.1) is 0 Å². The van der Waals surface area contributed by atoms with Crippen LogP contribution in [-0.2, 0) is 4.79 Å². The van der Waals surface area contributed by atoms with Crippen LogP contribution in [-0.4, -0.2) is 10.5 Å². The lowest BCUT2D eigenvalue weighted by Crippen LogP contribution is -2.22. The lowest BCUT2D eigenvalue weighted by atomic mass is 9.96. The number of carbonyl (C=O) groups excluding carboxylic acids is 1. The van der Waals surface area contributed by atoms with E-state index in [9.17, 15) is 4.79 Å². The van der Waals surface area contributed by atoms with Crippen molar-refractivity contribution >= 4 is 28.8 Å². The number of hydrogen-bond donors (Lipinski definition) is 0. The maximum absolute atomic E-state index is 12.1. The van der Waals surface area contributed by atoms with Crippen molar-refractivity contribution in [3.8, 4) is 5.69 Å². The van der Waals surface area contributed by atoms with Crippen LogP contribution in [0.1, 0.15) is 25.6 Å². The molecule has 106 valence electrons. The second-order valence-electron chi connectivity index (χ2n) is 5.64. The van der Waals surface area contributed by atoms with E-state index >= 15 is 0 Å². The Kier molecular flexibility index (Phi) is 4.16. The van der Waals surface area contributed by atoms with Crippen LogP contribution in [0.2, 0.25) is 5.02 Å². The number of thiazole rings is 1. The summed E-state index contributed by atoms with van der Waals surface area (Å²) in [7, 11) is 0. The lowest BCUT2D eigenvalue weighted by molar-refractivity contribution is -0.125. The van der Waals surface area contributed by atoms with Crippen molar-refractivity contribution < 1.29 is 4.79 Å². The quantitative estimate of drug-likeness (QED) is 0.785. The first-order valence-electron chi connectivity index (χ1n) is 6.31. The van der Waals surface area contributed by atoms with Crippen molar-refractivity contribution in [2.45, 2.75) is 27.7 Å². The predicted octanol–water partition coefficient (Wildman–Crippen LogP) is 3.97. The monoisotopic (exact) mass is 308 g/mol. The molecule has 0 aliphatic rings. The standard InChI is InChI=1S/C15H17ClN2OS/c1-10-9-18(12-7-5-11(16)6-8-12)14(20-10)17-13(19)15(2,3)4/h5-9H,1-4H3/b17-14-. The highest BCUT2D eigenvalue weighted by atomic mass is 35.5. The molecular weight excluding hydrogens is 292 g/mol. The van der Waals surface area contributed by atoms with Gasteiger partial charge >= 0.3 is 0 Å². The number of nitrogens with zero attached hydrogens (tertiary/aromatic N) is 2. The van der Waals surface area contributed by atoms with E-state index in [1.807, 2.05) is 62.7 Å². The molecule has 0 spiro atoms. The highest BCUT2D eigenvalue weighted by Gasteiger charge is 2.20. The molecule has 0 fully saturated rings. The molecule has 0 radical (unpaired) electrons. The SMILES string of the molecule is Cc1cn(-c2ccc(Cl)cc2)/c(=N/C(=O)C(C)(C)C)s1. The fraction of sp³-hybridized carbons (Fsp3) is 0.333. The van der Waals surface area contributed by atoms with Gasteiger partial charge < -0.3 is 0 Å². The van der Waals surface area contributed by atoms with E-state index in [2.05, 4.69) is 4.99 Å². The van der Waals surface area contributed by atoms with Gasteiger partial charge in [-0.3, -0.25) is 9.36 Å². The first-order valence-corrected chi connectivity index (χ1v) is 7.51. The van der Waals surface area contributed by atoms with Gasteiger partial charge in [-0.15, -0.1) is 11.3 Å². The molecule has 1 amide bonds. The third-order valence-corrected chi connectivity index (χ3v) is 3.86. The Morgan fingerprint density at radius 1 is 1.25 bits per heavy atom.